The van der Waals surface area contributed by atoms with Gasteiger partial charge in [0.15, 0.2) is 9.84 Å². The number of benzene rings is 2. The summed E-state index contributed by atoms with van der Waals surface area (Å²) in [5, 5.41) is 8.77. The van der Waals surface area contributed by atoms with Gasteiger partial charge in [-0.05, 0) is 40.2 Å². The fraction of sp³-hybridized carbons (Fsp3) is 0.0714. The molecule has 0 atom stereocenters. The lowest BCUT2D eigenvalue weighted by Crippen LogP contribution is -2.08. The summed E-state index contributed by atoms with van der Waals surface area (Å²) in [7, 11) is -3.76. The van der Waals surface area contributed by atoms with E-state index >= 15 is 0 Å². The third-order valence-corrected chi connectivity index (χ3v) is 5.47. The summed E-state index contributed by atoms with van der Waals surface area (Å²) < 4.78 is 39.0. The molecule has 0 radical (unpaired) electrons. The molecule has 108 valence electrons. The van der Waals surface area contributed by atoms with Crippen LogP contribution in [0.2, 0.25) is 0 Å². The lowest BCUT2D eigenvalue weighted by atomic mass is 10.1. The van der Waals surface area contributed by atoms with Crippen molar-refractivity contribution in [3.63, 3.8) is 0 Å². The van der Waals surface area contributed by atoms with Crippen LogP contribution in [0.25, 0.3) is 0 Å². The van der Waals surface area contributed by atoms with Crippen molar-refractivity contribution < 1.29 is 12.8 Å². The van der Waals surface area contributed by atoms with Gasteiger partial charge in [-0.25, -0.2) is 12.8 Å². The van der Waals surface area contributed by atoms with Gasteiger partial charge in [0.05, 0.1) is 16.2 Å². The van der Waals surface area contributed by atoms with Crippen LogP contribution in [0.5, 0.6) is 0 Å². The van der Waals surface area contributed by atoms with Crippen LogP contribution >= 0.6 is 15.9 Å². The molecule has 0 aliphatic heterocycles. The Labute approximate surface area is 130 Å². The van der Waals surface area contributed by atoms with E-state index in [2.05, 4.69) is 15.9 Å². The molecule has 0 fully saturated rings. The molecule has 0 spiro atoms. The number of nitriles is 1. The Balaban J connectivity index is 2.45. The summed E-state index contributed by atoms with van der Waals surface area (Å²) >= 11 is 3.14. The van der Waals surface area contributed by atoms with Gasteiger partial charge in [-0.2, -0.15) is 5.26 Å². The Hall–Kier alpha value is -1.91. The first kappa shape index (κ1) is 15.5. The lowest BCUT2D eigenvalue weighted by Gasteiger charge is -2.09. The highest BCUT2D eigenvalue weighted by molar-refractivity contribution is 9.10. The minimum Gasteiger partial charge on any atom is -0.399 e. The van der Waals surface area contributed by atoms with Crippen molar-refractivity contribution in [1.29, 1.82) is 5.26 Å². The van der Waals surface area contributed by atoms with Crippen molar-refractivity contribution >= 4 is 31.5 Å². The molecule has 0 heterocycles. The van der Waals surface area contributed by atoms with E-state index < -0.39 is 21.4 Å². The minimum absolute atomic E-state index is 0.0264. The molecule has 2 aromatic carbocycles. The van der Waals surface area contributed by atoms with E-state index in [1.807, 2.05) is 0 Å². The van der Waals surface area contributed by atoms with Gasteiger partial charge >= 0.3 is 0 Å². The highest BCUT2D eigenvalue weighted by atomic mass is 79.9. The Bertz CT molecular complexity index is 845. The molecule has 0 saturated carbocycles. The van der Waals surface area contributed by atoms with E-state index in [1.165, 1.54) is 36.4 Å². The second kappa shape index (κ2) is 5.84. The predicted molar refractivity (Wildman–Crippen MR) is 80.6 cm³/mol. The monoisotopic (exact) mass is 368 g/mol. The maximum absolute atomic E-state index is 14.0. The quantitative estimate of drug-likeness (QED) is 0.843. The maximum atomic E-state index is 14.0. The van der Waals surface area contributed by atoms with E-state index in [4.69, 9.17) is 11.0 Å². The molecule has 0 amide bonds. The number of hydrogen-bond donors (Lipinski definition) is 1. The van der Waals surface area contributed by atoms with E-state index in [-0.39, 0.29) is 16.0 Å². The van der Waals surface area contributed by atoms with E-state index in [9.17, 15) is 12.8 Å². The molecular weight excluding hydrogens is 359 g/mol. The van der Waals surface area contributed by atoms with Gasteiger partial charge in [0.1, 0.15) is 11.9 Å². The van der Waals surface area contributed by atoms with Gasteiger partial charge in [0.25, 0.3) is 0 Å². The Morgan fingerprint density at radius 3 is 2.62 bits per heavy atom. The van der Waals surface area contributed by atoms with Crippen LogP contribution in [0, 0.1) is 17.1 Å². The number of sulfone groups is 1. The highest BCUT2D eigenvalue weighted by Gasteiger charge is 2.21. The first-order valence-electron chi connectivity index (χ1n) is 5.80. The smallest absolute Gasteiger partial charge is 0.183 e. The molecule has 0 aliphatic rings. The summed E-state index contributed by atoms with van der Waals surface area (Å²) in [6, 6.07) is 10.1. The molecule has 0 aromatic heterocycles. The Morgan fingerprint density at radius 2 is 2.00 bits per heavy atom. The molecule has 21 heavy (non-hydrogen) atoms. The van der Waals surface area contributed by atoms with E-state index in [0.29, 0.717) is 10.2 Å². The molecule has 2 rings (SSSR count). The van der Waals surface area contributed by atoms with Crippen molar-refractivity contribution in [1.82, 2.24) is 0 Å². The van der Waals surface area contributed by atoms with Gasteiger partial charge in [-0.15, -0.1) is 0 Å². The standard InChI is InChI=1S/C14H10BrFN2O2S/c15-12-6-11(18)4-5-13(12)21(19,20)8-10-3-1-2-9(7-17)14(10)16/h1-6H,8,18H2. The zero-order valence-electron chi connectivity index (χ0n) is 10.7. The van der Waals surface area contributed by atoms with E-state index in [0.717, 1.165) is 0 Å². The number of halogens is 2. The van der Waals surface area contributed by atoms with Crippen LogP contribution in [-0.4, -0.2) is 8.42 Å². The first-order chi connectivity index (χ1) is 9.85. The predicted octanol–water partition coefficient (Wildman–Crippen LogP) is 3.02. The van der Waals surface area contributed by atoms with Crippen molar-refractivity contribution in [2.45, 2.75) is 10.6 Å². The van der Waals surface area contributed by atoms with Crippen molar-refractivity contribution in [3.05, 3.63) is 57.8 Å². The largest absolute Gasteiger partial charge is 0.399 e. The molecule has 7 heteroatoms. The fourth-order valence-electron chi connectivity index (χ4n) is 1.83. The summed E-state index contributed by atoms with van der Waals surface area (Å²) in [6.45, 7) is 0. The van der Waals surface area contributed by atoms with Gasteiger partial charge in [-0.3, -0.25) is 0 Å². The van der Waals surface area contributed by atoms with Crippen molar-refractivity contribution in [3.8, 4) is 6.07 Å². The molecule has 0 aliphatic carbocycles. The minimum atomic E-state index is -3.76. The van der Waals surface area contributed by atoms with Crippen LogP contribution < -0.4 is 5.73 Å². The van der Waals surface area contributed by atoms with Gasteiger partial charge in [0.2, 0.25) is 0 Å². The average Bonchev–Trinajstić information content (AvgIpc) is 2.40. The third kappa shape index (κ3) is 3.23. The van der Waals surface area contributed by atoms with Crippen molar-refractivity contribution in [2.24, 2.45) is 0 Å². The van der Waals surface area contributed by atoms with Gasteiger partial charge < -0.3 is 5.73 Å². The number of nitrogens with zero attached hydrogens (tertiary/aromatic N) is 1. The zero-order chi connectivity index (χ0) is 15.6. The number of anilines is 1. The summed E-state index contributed by atoms with van der Waals surface area (Å²) in [5.41, 5.74) is 5.75. The van der Waals surface area contributed by atoms with Crippen molar-refractivity contribution in [2.75, 3.05) is 5.73 Å². The summed E-state index contributed by atoms with van der Waals surface area (Å²) in [4.78, 5) is 0.0264. The summed E-state index contributed by atoms with van der Waals surface area (Å²) in [5.74, 6) is -1.34. The average molecular weight is 369 g/mol. The molecule has 0 saturated heterocycles. The Kier molecular flexibility index (Phi) is 4.30. The molecule has 2 N–H and O–H groups in total. The lowest BCUT2D eigenvalue weighted by molar-refractivity contribution is 0.586. The molecule has 0 unspecified atom stereocenters. The number of hydrogen-bond acceptors (Lipinski definition) is 4. The van der Waals surface area contributed by atoms with E-state index in [1.54, 1.807) is 6.07 Å². The molecule has 0 bridgehead atoms. The molecule has 4 nitrogen and oxygen atoms in total. The van der Waals surface area contributed by atoms with Gasteiger partial charge in [-0.1, -0.05) is 12.1 Å². The highest BCUT2D eigenvalue weighted by Crippen LogP contribution is 2.28. The topological polar surface area (TPSA) is 84.0 Å². The van der Waals surface area contributed by atoms with Crippen LogP contribution in [0.1, 0.15) is 11.1 Å². The second-order valence-corrected chi connectivity index (χ2v) is 7.15. The zero-order valence-corrected chi connectivity index (χ0v) is 13.1. The number of rotatable bonds is 3. The number of nitrogen functional groups attached to an aromatic ring is 1. The first-order valence-corrected chi connectivity index (χ1v) is 8.25. The van der Waals surface area contributed by atoms with Crippen LogP contribution in [0.3, 0.4) is 0 Å². The SMILES string of the molecule is N#Cc1cccc(CS(=O)(=O)c2ccc(N)cc2Br)c1F. The van der Waals surface area contributed by atoms with Crippen LogP contribution in [-0.2, 0) is 15.6 Å². The summed E-state index contributed by atoms with van der Waals surface area (Å²) in [6.07, 6.45) is 0. The van der Waals surface area contributed by atoms with Crippen LogP contribution in [0.4, 0.5) is 10.1 Å². The second-order valence-electron chi connectivity index (χ2n) is 4.34. The molecule has 2 aromatic rings. The van der Waals surface area contributed by atoms with Gasteiger partial charge in [0, 0.05) is 15.7 Å². The molecular formula is C14H10BrFN2O2S. The normalized spacial score (nSPS) is 11.1. The van der Waals surface area contributed by atoms with Crippen LogP contribution in [0.15, 0.2) is 45.8 Å². The third-order valence-electron chi connectivity index (χ3n) is 2.84. The Morgan fingerprint density at radius 1 is 1.29 bits per heavy atom. The maximum Gasteiger partial charge on any atom is 0.183 e. The fourth-order valence-corrected chi connectivity index (χ4v) is 4.39. The number of nitrogens with two attached hydrogens (primary N) is 1.